The van der Waals surface area contributed by atoms with Gasteiger partial charge in [-0.2, -0.15) is 0 Å². The molecule has 4 nitrogen and oxygen atoms in total. The number of nitrogens with zero attached hydrogens (tertiary/aromatic N) is 2. The third kappa shape index (κ3) is 3.01. The van der Waals surface area contributed by atoms with E-state index in [-0.39, 0.29) is 11.9 Å². The Morgan fingerprint density at radius 1 is 1.35 bits per heavy atom. The minimum atomic E-state index is 0.200. The first kappa shape index (κ1) is 14.8. The molecule has 0 unspecified atom stereocenters. The van der Waals surface area contributed by atoms with Crippen LogP contribution in [0.1, 0.15) is 23.8 Å². The van der Waals surface area contributed by atoms with E-state index < -0.39 is 0 Å². The number of fused-ring (bicyclic) bond motifs is 1. The quantitative estimate of drug-likeness (QED) is 0.726. The first-order valence-electron chi connectivity index (χ1n) is 7.72. The molecule has 1 N–H and O–H groups in total. The summed E-state index contributed by atoms with van der Waals surface area (Å²) in [6.45, 7) is 0.863. The lowest BCUT2D eigenvalue weighted by atomic mass is 10.2. The number of amides is 1. The van der Waals surface area contributed by atoms with E-state index in [1.165, 1.54) is 16.6 Å². The summed E-state index contributed by atoms with van der Waals surface area (Å²) < 4.78 is 0. The van der Waals surface area contributed by atoms with Crippen molar-refractivity contribution in [1.29, 1.82) is 0 Å². The summed E-state index contributed by atoms with van der Waals surface area (Å²) in [5.41, 5.74) is 1.96. The fourth-order valence-electron chi connectivity index (χ4n) is 3.05. The molecule has 1 aliphatic heterocycles. The van der Waals surface area contributed by atoms with Gasteiger partial charge in [0.05, 0.1) is 22.8 Å². The van der Waals surface area contributed by atoms with Crippen molar-refractivity contribution in [2.45, 2.75) is 24.0 Å². The van der Waals surface area contributed by atoms with Crippen molar-refractivity contribution in [2.75, 3.05) is 12.3 Å². The molecule has 1 saturated heterocycles. The van der Waals surface area contributed by atoms with E-state index in [1.807, 2.05) is 29.2 Å². The van der Waals surface area contributed by atoms with Crippen molar-refractivity contribution >= 4 is 40.0 Å². The van der Waals surface area contributed by atoms with Crippen LogP contribution in [0.25, 0.3) is 11.0 Å². The minimum absolute atomic E-state index is 0.200. The van der Waals surface area contributed by atoms with E-state index in [0.29, 0.717) is 5.75 Å². The molecule has 1 fully saturated rings. The highest BCUT2D eigenvalue weighted by atomic mass is 32.2. The standard InChI is InChI=1S/C17H17N3OS2/c21-16(20-9-3-7-14(20)15-8-4-10-22-15)11-23-17-18-12-5-1-2-6-13(12)19-17/h1-2,4-6,8,10,14H,3,7,9,11H2,(H,18,19)/t14-/m1/s1. The number of carbonyl (C=O) groups excluding carboxylic acids is 1. The number of benzene rings is 1. The van der Waals surface area contributed by atoms with Crippen LogP contribution >= 0.6 is 23.1 Å². The molecule has 23 heavy (non-hydrogen) atoms. The summed E-state index contributed by atoms with van der Waals surface area (Å²) in [4.78, 5) is 23.7. The summed E-state index contributed by atoms with van der Waals surface area (Å²) in [5.74, 6) is 0.633. The number of aromatic amines is 1. The molecule has 0 aliphatic carbocycles. The van der Waals surface area contributed by atoms with Crippen LogP contribution in [0.15, 0.2) is 46.9 Å². The first-order chi connectivity index (χ1) is 11.3. The molecule has 6 heteroatoms. The monoisotopic (exact) mass is 343 g/mol. The molecule has 2 aromatic heterocycles. The molecule has 1 amide bonds. The molecule has 3 aromatic rings. The zero-order chi connectivity index (χ0) is 15.6. The number of nitrogens with one attached hydrogen (secondary N) is 1. The number of likely N-dealkylation sites (tertiary alicyclic amines) is 1. The van der Waals surface area contributed by atoms with Gasteiger partial charge in [0.2, 0.25) is 5.91 Å². The summed E-state index contributed by atoms with van der Waals surface area (Å²) in [6.07, 6.45) is 2.16. The third-order valence-corrected chi connectivity index (χ3v) is 5.98. The Morgan fingerprint density at radius 3 is 3.09 bits per heavy atom. The molecular weight excluding hydrogens is 326 g/mol. The molecule has 0 radical (unpaired) electrons. The average molecular weight is 343 g/mol. The first-order valence-corrected chi connectivity index (χ1v) is 9.58. The second-order valence-electron chi connectivity index (χ2n) is 5.61. The fraction of sp³-hybridized carbons (Fsp3) is 0.294. The molecule has 1 aliphatic rings. The molecule has 3 heterocycles. The number of thiophene rings is 1. The Labute approximate surface area is 142 Å². The van der Waals surface area contributed by atoms with E-state index >= 15 is 0 Å². The van der Waals surface area contributed by atoms with Crippen LogP contribution in [-0.2, 0) is 4.79 Å². The van der Waals surface area contributed by atoms with Crippen molar-refractivity contribution < 1.29 is 4.79 Å². The second kappa shape index (κ2) is 6.37. The summed E-state index contributed by atoms with van der Waals surface area (Å²) >= 11 is 3.23. The highest BCUT2D eigenvalue weighted by Gasteiger charge is 2.30. The summed E-state index contributed by atoms with van der Waals surface area (Å²) in [7, 11) is 0. The van der Waals surface area contributed by atoms with Gasteiger partial charge in [0.15, 0.2) is 5.16 Å². The summed E-state index contributed by atoms with van der Waals surface area (Å²) in [6, 6.07) is 12.4. The lowest BCUT2D eigenvalue weighted by molar-refractivity contribution is -0.129. The molecule has 1 atom stereocenters. The highest BCUT2D eigenvalue weighted by molar-refractivity contribution is 7.99. The molecule has 118 valence electrons. The smallest absolute Gasteiger partial charge is 0.233 e. The topological polar surface area (TPSA) is 49.0 Å². The maximum atomic E-state index is 12.6. The molecule has 1 aromatic carbocycles. The van der Waals surface area contributed by atoms with Gasteiger partial charge in [-0.25, -0.2) is 4.98 Å². The second-order valence-corrected chi connectivity index (χ2v) is 7.55. The lowest BCUT2D eigenvalue weighted by Gasteiger charge is -2.23. The van der Waals surface area contributed by atoms with E-state index in [0.717, 1.165) is 35.6 Å². The molecule has 0 spiro atoms. The normalized spacial score (nSPS) is 17.9. The van der Waals surface area contributed by atoms with Gasteiger partial charge >= 0.3 is 0 Å². The predicted molar refractivity (Wildman–Crippen MR) is 94.8 cm³/mol. The Hall–Kier alpha value is -1.79. The number of imidazole rings is 1. The van der Waals surface area contributed by atoms with Crippen molar-refractivity contribution in [3.05, 3.63) is 46.7 Å². The third-order valence-electron chi connectivity index (χ3n) is 4.14. The van der Waals surface area contributed by atoms with Crippen LogP contribution in [0.3, 0.4) is 0 Å². The Bertz CT molecular complexity index is 779. The number of hydrogen-bond donors (Lipinski definition) is 1. The molecular formula is C17H17N3OS2. The Morgan fingerprint density at radius 2 is 2.26 bits per heavy atom. The van der Waals surface area contributed by atoms with E-state index in [9.17, 15) is 4.79 Å². The number of aromatic nitrogens is 2. The number of rotatable bonds is 4. The van der Waals surface area contributed by atoms with Crippen LogP contribution in [0.4, 0.5) is 0 Å². The van der Waals surface area contributed by atoms with Gasteiger partial charge in [-0.3, -0.25) is 4.79 Å². The van der Waals surface area contributed by atoms with Crippen LogP contribution < -0.4 is 0 Å². The van der Waals surface area contributed by atoms with Gasteiger partial charge in [0, 0.05) is 11.4 Å². The van der Waals surface area contributed by atoms with Crippen LogP contribution in [-0.4, -0.2) is 33.1 Å². The Kier molecular flexibility index (Phi) is 4.10. The molecule has 0 saturated carbocycles. The van der Waals surface area contributed by atoms with Crippen LogP contribution in [0.5, 0.6) is 0 Å². The predicted octanol–water partition coefficient (Wildman–Crippen LogP) is 4.08. The number of carbonyl (C=O) groups is 1. The van der Waals surface area contributed by atoms with Crippen LogP contribution in [0, 0.1) is 0 Å². The van der Waals surface area contributed by atoms with Crippen molar-refractivity contribution in [1.82, 2.24) is 14.9 Å². The van der Waals surface area contributed by atoms with Gasteiger partial charge in [-0.05, 0) is 36.4 Å². The number of para-hydroxylation sites is 2. The average Bonchev–Trinajstić information content (AvgIpc) is 3.31. The van der Waals surface area contributed by atoms with Gasteiger partial charge < -0.3 is 9.88 Å². The van der Waals surface area contributed by atoms with Gasteiger partial charge in [0.1, 0.15) is 0 Å². The summed E-state index contributed by atoms with van der Waals surface area (Å²) in [5, 5.41) is 2.89. The fourth-order valence-corrected chi connectivity index (χ4v) is 4.70. The van der Waals surface area contributed by atoms with Crippen molar-refractivity contribution in [3.8, 4) is 0 Å². The van der Waals surface area contributed by atoms with E-state index in [1.54, 1.807) is 11.3 Å². The van der Waals surface area contributed by atoms with E-state index in [4.69, 9.17) is 0 Å². The van der Waals surface area contributed by atoms with Gasteiger partial charge in [-0.15, -0.1) is 11.3 Å². The van der Waals surface area contributed by atoms with Gasteiger partial charge in [-0.1, -0.05) is 30.0 Å². The Balaban J connectivity index is 1.43. The molecule has 4 rings (SSSR count). The SMILES string of the molecule is O=C(CSc1nc2ccccc2[nH]1)N1CCC[C@@H]1c1cccs1. The zero-order valence-corrected chi connectivity index (χ0v) is 14.2. The number of H-pyrrole nitrogens is 1. The number of thioether (sulfide) groups is 1. The minimum Gasteiger partial charge on any atom is -0.334 e. The lowest BCUT2D eigenvalue weighted by Crippen LogP contribution is -2.31. The van der Waals surface area contributed by atoms with Crippen molar-refractivity contribution in [2.24, 2.45) is 0 Å². The number of hydrogen-bond acceptors (Lipinski definition) is 4. The van der Waals surface area contributed by atoms with Crippen LogP contribution in [0.2, 0.25) is 0 Å². The zero-order valence-electron chi connectivity index (χ0n) is 12.6. The van der Waals surface area contributed by atoms with Crippen molar-refractivity contribution in [3.63, 3.8) is 0 Å². The highest BCUT2D eigenvalue weighted by Crippen LogP contribution is 2.35. The maximum Gasteiger partial charge on any atom is 0.233 e. The van der Waals surface area contributed by atoms with E-state index in [2.05, 4.69) is 27.5 Å². The maximum absolute atomic E-state index is 12.6. The largest absolute Gasteiger partial charge is 0.334 e. The van der Waals surface area contributed by atoms with Gasteiger partial charge in [0.25, 0.3) is 0 Å². The molecule has 0 bridgehead atoms.